The topological polar surface area (TPSA) is 95.9 Å². The third-order valence-corrected chi connectivity index (χ3v) is 5.07. The summed E-state index contributed by atoms with van der Waals surface area (Å²) in [6.07, 6.45) is 4.78. The molecule has 6 heteroatoms. The molecule has 2 N–H and O–H groups in total. The van der Waals surface area contributed by atoms with Gasteiger partial charge >= 0.3 is 11.3 Å². The number of hydrogen-bond acceptors (Lipinski definition) is 4. The van der Waals surface area contributed by atoms with Gasteiger partial charge in [0, 0.05) is 6.07 Å². The number of aromatic amines is 2. The molecule has 1 aromatic carbocycles. The van der Waals surface area contributed by atoms with Gasteiger partial charge in [-0.1, -0.05) is 30.3 Å². The molecule has 0 bridgehead atoms. The second kappa shape index (κ2) is 5.88. The van der Waals surface area contributed by atoms with Crippen LogP contribution >= 0.6 is 0 Å². The Morgan fingerprint density at radius 2 is 1.80 bits per heavy atom. The molecule has 1 saturated carbocycles. The standard InChI is InChI=1S/C19H18N2O4/c22-14-11-12(15-16(23)20-18(24)21-17(15)25-14)5-4-8-19(9-10-19)13-6-2-1-3-7-13/h1-3,6-7,11H,4-5,8-10H2,(H2,20,21,23,24). The number of nitrogens with one attached hydrogen (secondary N) is 2. The number of H-pyrrole nitrogens is 2. The Hall–Kier alpha value is -2.89. The predicted molar refractivity (Wildman–Crippen MR) is 94.0 cm³/mol. The van der Waals surface area contributed by atoms with Crippen molar-refractivity contribution in [3.05, 3.63) is 78.8 Å². The zero-order chi connectivity index (χ0) is 17.4. The molecule has 0 amide bonds. The molecule has 4 rings (SSSR count). The molecule has 0 spiro atoms. The molecular weight excluding hydrogens is 320 g/mol. The van der Waals surface area contributed by atoms with Crippen LogP contribution in [0, 0.1) is 0 Å². The summed E-state index contributed by atoms with van der Waals surface area (Å²) < 4.78 is 4.96. The van der Waals surface area contributed by atoms with Crippen molar-refractivity contribution >= 4 is 11.1 Å². The largest absolute Gasteiger partial charge is 0.405 e. The van der Waals surface area contributed by atoms with E-state index in [-0.39, 0.29) is 16.5 Å². The maximum absolute atomic E-state index is 12.1. The molecule has 0 aliphatic heterocycles. The van der Waals surface area contributed by atoms with Crippen molar-refractivity contribution in [3.8, 4) is 0 Å². The molecule has 0 atom stereocenters. The van der Waals surface area contributed by atoms with Crippen LogP contribution in [0.4, 0.5) is 0 Å². The van der Waals surface area contributed by atoms with Crippen molar-refractivity contribution in [1.82, 2.24) is 9.97 Å². The van der Waals surface area contributed by atoms with Crippen LogP contribution in [0.2, 0.25) is 0 Å². The maximum atomic E-state index is 12.1. The van der Waals surface area contributed by atoms with Crippen LogP contribution in [0.1, 0.15) is 36.8 Å². The van der Waals surface area contributed by atoms with Crippen molar-refractivity contribution in [2.24, 2.45) is 0 Å². The summed E-state index contributed by atoms with van der Waals surface area (Å²) >= 11 is 0. The third kappa shape index (κ3) is 2.95. The summed E-state index contributed by atoms with van der Waals surface area (Å²) in [7, 11) is 0. The lowest BCUT2D eigenvalue weighted by Crippen LogP contribution is -2.24. The Morgan fingerprint density at radius 3 is 2.52 bits per heavy atom. The van der Waals surface area contributed by atoms with Gasteiger partial charge in [0.05, 0.1) is 0 Å². The number of aryl methyl sites for hydroxylation is 1. The lowest BCUT2D eigenvalue weighted by molar-refractivity contribution is 0.541. The summed E-state index contributed by atoms with van der Waals surface area (Å²) in [5.41, 5.74) is 0.383. The fraction of sp³-hybridized carbons (Fsp3) is 0.316. The molecule has 25 heavy (non-hydrogen) atoms. The number of fused-ring (bicyclic) bond motifs is 1. The Bertz CT molecular complexity index is 1080. The normalized spacial score (nSPS) is 15.4. The molecule has 1 aliphatic carbocycles. The lowest BCUT2D eigenvalue weighted by Gasteiger charge is -2.15. The minimum absolute atomic E-state index is 0.0551. The van der Waals surface area contributed by atoms with Crippen molar-refractivity contribution < 1.29 is 4.42 Å². The van der Waals surface area contributed by atoms with Gasteiger partial charge in [0.15, 0.2) is 0 Å². The molecule has 3 aromatic rings. The van der Waals surface area contributed by atoms with Crippen molar-refractivity contribution in [2.75, 3.05) is 0 Å². The molecule has 128 valence electrons. The average Bonchev–Trinajstić information content (AvgIpc) is 3.35. The highest BCUT2D eigenvalue weighted by Gasteiger charge is 2.43. The van der Waals surface area contributed by atoms with Gasteiger partial charge in [-0.25, -0.2) is 9.59 Å². The Balaban J connectivity index is 1.59. The van der Waals surface area contributed by atoms with E-state index in [0.717, 1.165) is 12.8 Å². The first-order valence-electron chi connectivity index (χ1n) is 8.42. The number of hydrogen-bond donors (Lipinski definition) is 2. The fourth-order valence-corrected chi connectivity index (χ4v) is 3.62. The van der Waals surface area contributed by atoms with Crippen molar-refractivity contribution in [1.29, 1.82) is 0 Å². The van der Waals surface area contributed by atoms with Crippen LogP contribution in [0.25, 0.3) is 11.1 Å². The van der Waals surface area contributed by atoms with E-state index in [1.807, 2.05) is 6.07 Å². The van der Waals surface area contributed by atoms with Gasteiger partial charge in [0.2, 0.25) is 5.71 Å². The third-order valence-electron chi connectivity index (χ3n) is 5.07. The molecule has 2 heterocycles. The Labute approximate surface area is 142 Å². The SMILES string of the molecule is O=c1[nH]c(=O)c2c(CCCC3(c4ccccc4)CC3)cc(=O)oc2[nH]1. The van der Waals surface area contributed by atoms with Gasteiger partial charge in [-0.3, -0.25) is 14.8 Å². The number of aromatic nitrogens is 2. The monoisotopic (exact) mass is 338 g/mol. The molecule has 0 saturated heterocycles. The summed E-state index contributed by atoms with van der Waals surface area (Å²) in [6, 6.07) is 11.8. The second-order valence-corrected chi connectivity index (χ2v) is 6.70. The first kappa shape index (κ1) is 15.6. The first-order valence-corrected chi connectivity index (χ1v) is 8.42. The van der Waals surface area contributed by atoms with E-state index in [1.165, 1.54) is 24.5 Å². The van der Waals surface area contributed by atoms with E-state index < -0.39 is 16.9 Å². The van der Waals surface area contributed by atoms with E-state index in [1.54, 1.807) is 0 Å². The highest BCUT2D eigenvalue weighted by Crippen LogP contribution is 2.51. The smallest absolute Gasteiger partial charge is 0.337 e. The molecule has 2 aromatic heterocycles. The lowest BCUT2D eigenvalue weighted by atomic mass is 9.89. The van der Waals surface area contributed by atoms with Crippen LogP contribution in [0.5, 0.6) is 0 Å². The van der Waals surface area contributed by atoms with Gasteiger partial charge in [-0.2, -0.15) is 0 Å². The van der Waals surface area contributed by atoms with Crippen LogP contribution < -0.4 is 16.9 Å². The van der Waals surface area contributed by atoms with Crippen LogP contribution in [-0.4, -0.2) is 9.97 Å². The van der Waals surface area contributed by atoms with Gasteiger partial charge in [-0.05, 0) is 48.6 Å². The van der Waals surface area contributed by atoms with Crippen molar-refractivity contribution in [2.45, 2.75) is 37.5 Å². The molecule has 0 radical (unpaired) electrons. The highest BCUT2D eigenvalue weighted by atomic mass is 16.4. The molecule has 0 unspecified atom stereocenters. The Morgan fingerprint density at radius 1 is 1.04 bits per heavy atom. The first-order chi connectivity index (χ1) is 12.1. The molecule has 1 fully saturated rings. The average molecular weight is 338 g/mol. The van der Waals surface area contributed by atoms with E-state index in [4.69, 9.17) is 4.42 Å². The molecule has 6 nitrogen and oxygen atoms in total. The van der Waals surface area contributed by atoms with Crippen LogP contribution in [0.3, 0.4) is 0 Å². The second-order valence-electron chi connectivity index (χ2n) is 6.70. The number of rotatable bonds is 5. The van der Waals surface area contributed by atoms with Crippen LogP contribution in [0.15, 0.2) is 55.2 Å². The van der Waals surface area contributed by atoms with Crippen LogP contribution in [-0.2, 0) is 11.8 Å². The fourth-order valence-electron chi connectivity index (χ4n) is 3.62. The maximum Gasteiger partial charge on any atom is 0.337 e. The minimum Gasteiger partial charge on any atom is -0.405 e. The van der Waals surface area contributed by atoms with Gasteiger partial charge in [-0.15, -0.1) is 0 Å². The zero-order valence-corrected chi connectivity index (χ0v) is 13.6. The summed E-state index contributed by atoms with van der Waals surface area (Å²) in [6.45, 7) is 0. The zero-order valence-electron chi connectivity index (χ0n) is 13.6. The molecule has 1 aliphatic rings. The summed E-state index contributed by atoms with van der Waals surface area (Å²) in [5.74, 6) is 0. The van der Waals surface area contributed by atoms with E-state index in [9.17, 15) is 14.4 Å². The van der Waals surface area contributed by atoms with Gasteiger partial charge < -0.3 is 4.42 Å². The van der Waals surface area contributed by atoms with Gasteiger partial charge in [0.25, 0.3) is 5.56 Å². The molecular formula is C19H18N2O4. The summed E-state index contributed by atoms with van der Waals surface area (Å²) in [4.78, 5) is 39.7. The van der Waals surface area contributed by atoms with E-state index in [0.29, 0.717) is 12.0 Å². The van der Waals surface area contributed by atoms with Gasteiger partial charge in [0.1, 0.15) is 5.39 Å². The number of benzene rings is 1. The highest BCUT2D eigenvalue weighted by molar-refractivity contribution is 5.75. The predicted octanol–water partition coefficient (Wildman–Crippen LogP) is 2.22. The van der Waals surface area contributed by atoms with E-state index in [2.05, 4.69) is 34.2 Å². The quantitative estimate of drug-likeness (QED) is 0.745. The van der Waals surface area contributed by atoms with Crippen molar-refractivity contribution in [3.63, 3.8) is 0 Å². The Kier molecular flexibility index (Phi) is 3.67. The van der Waals surface area contributed by atoms with E-state index >= 15 is 0 Å². The minimum atomic E-state index is -0.682. The summed E-state index contributed by atoms with van der Waals surface area (Å²) in [5, 5.41) is 0.253.